The molecule has 0 fully saturated rings. The molecule has 2 aromatic heterocycles. The number of hydrogen-bond donors (Lipinski definition) is 1. The number of aliphatic hydroxyl groups is 1. The highest BCUT2D eigenvalue weighted by molar-refractivity contribution is 7.85. The summed E-state index contributed by atoms with van der Waals surface area (Å²) >= 11 is 0. The number of aryl methyl sites for hydroxylation is 2. The van der Waals surface area contributed by atoms with Crippen molar-refractivity contribution < 1.29 is 44.0 Å². The van der Waals surface area contributed by atoms with Crippen molar-refractivity contribution in [3.63, 3.8) is 0 Å². The van der Waals surface area contributed by atoms with Gasteiger partial charge in [0, 0.05) is 28.1 Å². The summed E-state index contributed by atoms with van der Waals surface area (Å²) in [5.41, 5.74) is 3.34. The molecule has 0 aliphatic carbocycles. The summed E-state index contributed by atoms with van der Waals surface area (Å²) in [4.78, 5) is 8.54. The second-order valence-electron chi connectivity index (χ2n) is 9.16. The maximum atomic E-state index is 12.5. The largest absolute Gasteiger partial charge is 0.416 e. The molecule has 0 aliphatic rings. The quantitative estimate of drug-likeness (QED) is 0.184. The lowest BCUT2D eigenvalue weighted by Crippen LogP contribution is -2.05. The van der Waals surface area contributed by atoms with Crippen molar-refractivity contribution in [3.05, 3.63) is 106 Å². The van der Waals surface area contributed by atoms with Crippen molar-refractivity contribution in [2.45, 2.75) is 39.4 Å². The maximum Gasteiger partial charge on any atom is 0.416 e. The minimum atomic E-state index is -4.38. The van der Waals surface area contributed by atoms with Gasteiger partial charge in [-0.25, -0.2) is 0 Å². The second-order valence-corrected chi connectivity index (χ2v) is 10.8. The van der Waals surface area contributed by atoms with E-state index in [0.717, 1.165) is 30.5 Å². The van der Waals surface area contributed by atoms with Crippen LogP contribution in [0.15, 0.2) is 72.8 Å². The molecule has 6 nitrogen and oxygen atoms in total. The molecule has 0 bridgehead atoms. The van der Waals surface area contributed by atoms with Gasteiger partial charge in [-0.15, -0.1) is 0 Å². The molecule has 1 N–H and O–H groups in total. The maximum absolute atomic E-state index is 12.5. The van der Waals surface area contributed by atoms with E-state index in [1.54, 1.807) is 38.1 Å². The fraction of sp³-hybridized carbons (Fsp3) is 0.241. The first-order chi connectivity index (χ1) is 19.5. The fourth-order valence-corrected chi connectivity index (χ4v) is 3.99. The zero-order valence-corrected chi connectivity index (χ0v) is 23.4. The minimum Gasteiger partial charge on any atom is -0.392 e. The standard InChI is InChI=1S/C15H14F3NO3S.C14H12F3NO/c1-10-12(9-22-23(2,20)21)5-8-14(19-10)11-3-6-13(7-4-11)15(16,17)18;1-9-11(8-19)4-7-13(18-9)10-2-5-12(6-3-10)14(15,16)17/h3-8H,9H2,1-2H3;2-7,19H,8H2,1H3. The van der Waals surface area contributed by atoms with Gasteiger partial charge >= 0.3 is 12.4 Å². The fourth-order valence-electron chi connectivity index (χ4n) is 3.65. The van der Waals surface area contributed by atoms with E-state index in [1.807, 2.05) is 0 Å². The molecule has 4 rings (SSSR count). The van der Waals surface area contributed by atoms with Gasteiger partial charge in [0.15, 0.2) is 0 Å². The Labute approximate surface area is 238 Å². The van der Waals surface area contributed by atoms with Gasteiger partial charge in [0.25, 0.3) is 10.1 Å². The molecule has 2 aromatic carbocycles. The first kappa shape index (κ1) is 32.7. The van der Waals surface area contributed by atoms with Crippen LogP contribution in [0.4, 0.5) is 26.3 Å². The van der Waals surface area contributed by atoms with Gasteiger partial charge in [0.1, 0.15) is 0 Å². The number of nitrogens with zero attached hydrogens (tertiary/aromatic N) is 2. The van der Waals surface area contributed by atoms with E-state index in [2.05, 4.69) is 9.97 Å². The van der Waals surface area contributed by atoms with E-state index in [1.165, 1.54) is 24.3 Å². The third kappa shape index (κ3) is 9.10. The van der Waals surface area contributed by atoms with Crippen LogP contribution in [-0.2, 0) is 39.9 Å². The van der Waals surface area contributed by atoms with Crippen molar-refractivity contribution in [2.75, 3.05) is 6.26 Å². The van der Waals surface area contributed by atoms with Crippen molar-refractivity contribution in [1.29, 1.82) is 0 Å². The van der Waals surface area contributed by atoms with Crippen LogP contribution in [0.1, 0.15) is 33.6 Å². The highest BCUT2D eigenvalue weighted by atomic mass is 32.2. The van der Waals surface area contributed by atoms with Gasteiger partial charge in [-0.1, -0.05) is 36.4 Å². The summed E-state index contributed by atoms with van der Waals surface area (Å²) in [5.74, 6) is 0. The van der Waals surface area contributed by atoms with Gasteiger partial charge in [0.2, 0.25) is 0 Å². The van der Waals surface area contributed by atoms with Gasteiger partial charge in [-0.05, 0) is 55.8 Å². The predicted molar refractivity (Wildman–Crippen MR) is 144 cm³/mol. The summed E-state index contributed by atoms with van der Waals surface area (Å²) < 4.78 is 102. The number of aromatic nitrogens is 2. The molecule has 0 unspecified atom stereocenters. The summed E-state index contributed by atoms with van der Waals surface area (Å²) in [6, 6.07) is 16.2. The number of aliphatic hydroxyl groups excluding tert-OH is 1. The molecular formula is C29H26F6N2O4S. The molecule has 224 valence electrons. The molecule has 2 heterocycles. The van der Waals surface area contributed by atoms with E-state index < -0.39 is 33.6 Å². The molecule has 0 saturated carbocycles. The number of benzene rings is 2. The Balaban J connectivity index is 0.000000235. The summed E-state index contributed by atoms with van der Waals surface area (Å²) in [5, 5.41) is 9.04. The molecule has 0 aliphatic heterocycles. The lowest BCUT2D eigenvalue weighted by molar-refractivity contribution is -0.138. The molecule has 0 saturated heterocycles. The average molecular weight is 613 g/mol. The zero-order valence-electron chi connectivity index (χ0n) is 22.6. The lowest BCUT2D eigenvalue weighted by atomic mass is 10.1. The number of rotatable bonds is 6. The molecule has 4 aromatic rings. The molecule has 0 atom stereocenters. The Bertz CT molecular complexity index is 1620. The monoisotopic (exact) mass is 612 g/mol. The smallest absolute Gasteiger partial charge is 0.392 e. The van der Waals surface area contributed by atoms with Crippen LogP contribution in [0.3, 0.4) is 0 Å². The number of hydrogen-bond acceptors (Lipinski definition) is 6. The van der Waals surface area contributed by atoms with Crippen LogP contribution in [0, 0.1) is 13.8 Å². The van der Waals surface area contributed by atoms with Crippen LogP contribution in [0.5, 0.6) is 0 Å². The van der Waals surface area contributed by atoms with Crippen LogP contribution >= 0.6 is 0 Å². The van der Waals surface area contributed by atoms with E-state index in [4.69, 9.17) is 9.29 Å². The molecule has 42 heavy (non-hydrogen) atoms. The highest BCUT2D eigenvalue weighted by Gasteiger charge is 2.30. The third-order valence-electron chi connectivity index (χ3n) is 6.01. The van der Waals surface area contributed by atoms with E-state index >= 15 is 0 Å². The number of halogens is 6. The summed E-state index contributed by atoms with van der Waals surface area (Å²) in [6.07, 6.45) is -7.76. The summed E-state index contributed by atoms with van der Waals surface area (Å²) in [7, 11) is -3.55. The van der Waals surface area contributed by atoms with Gasteiger partial charge < -0.3 is 5.11 Å². The average Bonchev–Trinajstić information content (AvgIpc) is 2.91. The lowest BCUT2D eigenvalue weighted by Gasteiger charge is -2.09. The first-order valence-electron chi connectivity index (χ1n) is 12.2. The van der Waals surface area contributed by atoms with Crippen LogP contribution in [0.25, 0.3) is 22.5 Å². The Kier molecular flexibility index (Phi) is 10.1. The topological polar surface area (TPSA) is 89.4 Å². The van der Waals surface area contributed by atoms with Crippen molar-refractivity contribution in [2.24, 2.45) is 0 Å². The first-order valence-corrected chi connectivity index (χ1v) is 14.0. The number of alkyl halides is 6. The Hall–Kier alpha value is -3.81. The highest BCUT2D eigenvalue weighted by Crippen LogP contribution is 2.32. The SMILES string of the molecule is Cc1nc(-c2ccc(C(F)(F)F)cc2)ccc1CO.Cc1nc(-c2ccc(C(F)(F)F)cc2)ccc1COS(C)(=O)=O. The van der Waals surface area contributed by atoms with Crippen molar-refractivity contribution >= 4 is 10.1 Å². The Morgan fingerprint density at radius 2 is 1.05 bits per heavy atom. The summed E-state index contributed by atoms with van der Waals surface area (Å²) in [6.45, 7) is 3.19. The van der Waals surface area contributed by atoms with Gasteiger partial charge in [-0.2, -0.15) is 34.8 Å². The normalized spacial score (nSPS) is 12.0. The zero-order chi connectivity index (χ0) is 31.3. The van der Waals surface area contributed by atoms with Gasteiger partial charge in [0.05, 0.1) is 42.0 Å². The number of pyridine rings is 2. The van der Waals surface area contributed by atoms with Crippen LogP contribution in [0.2, 0.25) is 0 Å². The minimum absolute atomic E-state index is 0.105. The molecular weight excluding hydrogens is 586 g/mol. The predicted octanol–water partition coefficient (Wildman–Crippen LogP) is 7.12. The Morgan fingerprint density at radius 1 is 0.667 bits per heavy atom. The van der Waals surface area contributed by atoms with E-state index in [-0.39, 0.29) is 13.2 Å². The second kappa shape index (κ2) is 13.0. The van der Waals surface area contributed by atoms with E-state index in [0.29, 0.717) is 45.0 Å². The van der Waals surface area contributed by atoms with Gasteiger partial charge in [-0.3, -0.25) is 14.2 Å². The van der Waals surface area contributed by atoms with Crippen LogP contribution in [-0.4, -0.2) is 29.7 Å². The molecule has 0 spiro atoms. The van der Waals surface area contributed by atoms with Crippen molar-refractivity contribution in [1.82, 2.24) is 9.97 Å². The van der Waals surface area contributed by atoms with E-state index in [9.17, 15) is 34.8 Å². The molecule has 0 radical (unpaired) electrons. The molecule has 0 amide bonds. The van der Waals surface area contributed by atoms with Crippen LogP contribution < -0.4 is 0 Å². The third-order valence-corrected chi connectivity index (χ3v) is 6.55. The van der Waals surface area contributed by atoms with Crippen molar-refractivity contribution in [3.8, 4) is 22.5 Å². The Morgan fingerprint density at radius 3 is 1.36 bits per heavy atom. The molecule has 13 heteroatoms.